The Labute approximate surface area is 141 Å². The fourth-order valence-electron chi connectivity index (χ4n) is 2.13. The van der Waals surface area contributed by atoms with Gasteiger partial charge in [-0.05, 0) is 31.5 Å². The molecule has 0 bridgehead atoms. The molecule has 0 N–H and O–H groups in total. The number of esters is 1. The molecule has 0 unspecified atom stereocenters. The first kappa shape index (κ1) is 16.5. The van der Waals surface area contributed by atoms with E-state index in [1.165, 1.54) is 0 Å². The SMILES string of the molecule is CCOC(=O)c1c(C)nc(Cl)c(C#N)c1-c1ccc(Br)cc1. The lowest BCUT2D eigenvalue weighted by Gasteiger charge is -2.14. The number of aryl methyl sites for hydroxylation is 1. The minimum absolute atomic E-state index is 0.0750. The molecule has 112 valence electrons. The van der Waals surface area contributed by atoms with E-state index in [0.717, 1.165) is 4.47 Å². The summed E-state index contributed by atoms with van der Waals surface area (Å²) in [5.74, 6) is -0.515. The molecule has 0 aliphatic carbocycles. The van der Waals surface area contributed by atoms with Crippen LogP contribution < -0.4 is 0 Å². The Bertz CT molecular complexity index is 767. The van der Waals surface area contributed by atoms with E-state index in [1.54, 1.807) is 26.0 Å². The van der Waals surface area contributed by atoms with Crippen molar-refractivity contribution in [3.63, 3.8) is 0 Å². The molecule has 4 nitrogen and oxygen atoms in total. The van der Waals surface area contributed by atoms with E-state index in [0.29, 0.717) is 16.8 Å². The van der Waals surface area contributed by atoms with E-state index in [4.69, 9.17) is 16.3 Å². The first-order chi connectivity index (χ1) is 10.5. The quantitative estimate of drug-likeness (QED) is 0.581. The van der Waals surface area contributed by atoms with Gasteiger partial charge in [0.2, 0.25) is 0 Å². The second-order valence-electron chi connectivity index (χ2n) is 4.45. The van der Waals surface area contributed by atoms with Crippen LogP contribution in [-0.4, -0.2) is 17.6 Å². The molecule has 1 aromatic heterocycles. The summed E-state index contributed by atoms with van der Waals surface area (Å²) in [6.07, 6.45) is 0. The van der Waals surface area contributed by atoms with Crippen molar-refractivity contribution < 1.29 is 9.53 Å². The zero-order valence-electron chi connectivity index (χ0n) is 12.0. The molecule has 0 radical (unpaired) electrons. The number of ether oxygens (including phenoxy) is 1. The minimum Gasteiger partial charge on any atom is -0.462 e. The van der Waals surface area contributed by atoms with Crippen LogP contribution in [-0.2, 0) is 4.74 Å². The molecule has 0 fully saturated rings. The van der Waals surface area contributed by atoms with Gasteiger partial charge in [-0.15, -0.1) is 0 Å². The molecule has 0 aliphatic rings. The Balaban J connectivity index is 2.80. The molecule has 0 atom stereocenters. The Morgan fingerprint density at radius 1 is 1.41 bits per heavy atom. The highest BCUT2D eigenvalue weighted by molar-refractivity contribution is 9.10. The topological polar surface area (TPSA) is 63.0 Å². The monoisotopic (exact) mass is 378 g/mol. The first-order valence-corrected chi connectivity index (χ1v) is 7.70. The number of hydrogen-bond donors (Lipinski definition) is 0. The lowest BCUT2D eigenvalue weighted by molar-refractivity contribution is 0.0526. The van der Waals surface area contributed by atoms with Gasteiger partial charge in [0.1, 0.15) is 11.2 Å². The maximum Gasteiger partial charge on any atom is 0.340 e. The van der Waals surface area contributed by atoms with Crippen LogP contribution in [0.4, 0.5) is 0 Å². The number of carbonyl (C=O) groups excluding carboxylic acids is 1. The molecular formula is C16H12BrClN2O2. The summed E-state index contributed by atoms with van der Waals surface area (Å²) in [7, 11) is 0. The number of benzene rings is 1. The van der Waals surface area contributed by atoms with Gasteiger partial charge in [0, 0.05) is 10.0 Å². The van der Waals surface area contributed by atoms with Gasteiger partial charge in [0.15, 0.2) is 0 Å². The van der Waals surface area contributed by atoms with Crippen molar-refractivity contribution in [3.05, 3.63) is 50.7 Å². The number of carbonyl (C=O) groups is 1. The number of halogens is 2. The molecule has 6 heteroatoms. The number of hydrogen-bond acceptors (Lipinski definition) is 4. The van der Waals surface area contributed by atoms with Crippen LogP contribution >= 0.6 is 27.5 Å². The van der Waals surface area contributed by atoms with Crippen molar-refractivity contribution in [3.8, 4) is 17.2 Å². The smallest absolute Gasteiger partial charge is 0.340 e. The number of nitriles is 1. The Hall–Kier alpha value is -1.90. The molecule has 0 saturated carbocycles. The highest BCUT2D eigenvalue weighted by atomic mass is 79.9. The van der Waals surface area contributed by atoms with Crippen LogP contribution in [0.15, 0.2) is 28.7 Å². The zero-order chi connectivity index (χ0) is 16.3. The molecule has 0 amide bonds. The summed E-state index contributed by atoms with van der Waals surface area (Å²) >= 11 is 9.43. The van der Waals surface area contributed by atoms with Crippen molar-refractivity contribution in [2.24, 2.45) is 0 Å². The number of aromatic nitrogens is 1. The Morgan fingerprint density at radius 3 is 2.59 bits per heavy atom. The standard InChI is InChI=1S/C16H12BrClN2O2/c1-3-22-16(21)13-9(2)20-15(18)12(8-19)14(13)10-4-6-11(17)7-5-10/h4-7H,3H2,1-2H3. The minimum atomic E-state index is -0.515. The summed E-state index contributed by atoms with van der Waals surface area (Å²) in [5, 5.41) is 9.48. The lowest BCUT2D eigenvalue weighted by atomic mass is 9.95. The van der Waals surface area contributed by atoms with Gasteiger partial charge >= 0.3 is 5.97 Å². The molecule has 2 aromatic rings. The summed E-state index contributed by atoms with van der Waals surface area (Å²) in [6, 6.07) is 9.29. The van der Waals surface area contributed by atoms with Crippen LogP contribution in [0.3, 0.4) is 0 Å². The van der Waals surface area contributed by atoms with Gasteiger partial charge in [0.25, 0.3) is 0 Å². The maximum absolute atomic E-state index is 12.3. The Morgan fingerprint density at radius 2 is 2.05 bits per heavy atom. The molecule has 1 aromatic carbocycles. The normalized spacial score (nSPS) is 10.1. The van der Waals surface area contributed by atoms with E-state index >= 15 is 0 Å². The van der Waals surface area contributed by atoms with Gasteiger partial charge in [-0.2, -0.15) is 5.26 Å². The summed E-state index contributed by atoms with van der Waals surface area (Å²) in [4.78, 5) is 16.4. The van der Waals surface area contributed by atoms with E-state index < -0.39 is 5.97 Å². The molecule has 22 heavy (non-hydrogen) atoms. The summed E-state index contributed by atoms with van der Waals surface area (Å²) in [6.45, 7) is 3.63. The van der Waals surface area contributed by atoms with Gasteiger partial charge in [0.05, 0.1) is 23.4 Å². The number of pyridine rings is 1. The highest BCUT2D eigenvalue weighted by Gasteiger charge is 2.24. The molecular weight excluding hydrogens is 368 g/mol. The molecule has 2 rings (SSSR count). The predicted molar refractivity (Wildman–Crippen MR) is 87.8 cm³/mol. The van der Waals surface area contributed by atoms with Crippen molar-refractivity contribution in [2.75, 3.05) is 6.61 Å². The van der Waals surface area contributed by atoms with Crippen LogP contribution in [0, 0.1) is 18.3 Å². The van der Waals surface area contributed by atoms with Crippen LogP contribution in [0.1, 0.15) is 28.5 Å². The van der Waals surface area contributed by atoms with E-state index in [2.05, 4.69) is 20.9 Å². The fourth-order valence-corrected chi connectivity index (χ4v) is 2.66. The van der Waals surface area contributed by atoms with E-state index in [1.807, 2.05) is 18.2 Å². The van der Waals surface area contributed by atoms with Crippen molar-refractivity contribution in [1.29, 1.82) is 5.26 Å². The Kier molecular flexibility index (Phi) is 5.17. The van der Waals surface area contributed by atoms with Gasteiger partial charge in [-0.25, -0.2) is 9.78 Å². The largest absolute Gasteiger partial charge is 0.462 e. The molecule has 1 heterocycles. The average molecular weight is 380 g/mol. The van der Waals surface area contributed by atoms with Gasteiger partial charge in [-0.1, -0.05) is 39.7 Å². The molecule has 0 aliphatic heterocycles. The van der Waals surface area contributed by atoms with Gasteiger partial charge < -0.3 is 4.74 Å². The number of rotatable bonds is 3. The third kappa shape index (κ3) is 3.13. The third-order valence-corrected chi connectivity index (χ3v) is 3.86. The van der Waals surface area contributed by atoms with Gasteiger partial charge in [-0.3, -0.25) is 0 Å². The van der Waals surface area contributed by atoms with Crippen LogP contribution in [0.25, 0.3) is 11.1 Å². The number of nitrogens with zero attached hydrogens (tertiary/aromatic N) is 2. The molecule has 0 saturated heterocycles. The fraction of sp³-hybridized carbons (Fsp3) is 0.188. The second kappa shape index (κ2) is 6.91. The predicted octanol–water partition coefficient (Wildman–Crippen LogP) is 4.52. The average Bonchev–Trinajstić information content (AvgIpc) is 2.47. The highest BCUT2D eigenvalue weighted by Crippen LogP contribution is 2.34. The van der Waals surface area contributed by atoms with Crippen molar-refractivity contribution in [1.82, 2.24) is 4.98 Å². The summed E-state index contributed by atoms with van der Waals surface area (Å²) < 4.78 is 5.99. The van der Waals surface area contributed by atoms with E-state index in [-0.39, 0.29) is 22.9 Å². The first-order valence-electron chi connectivity index (χ1n) is 6.52. The second-order valence-corrected chi connectivity index (χ2v) is 5.73. The van der Waals surface area contributed by atoms with Crippen molar-refractivity contribution >= 4 is 33.5 Å². The third-order valence-electron chi connectivity index (χ3n) is 3.06. The lowest BCUT2D eigenvalue weighted by Crippen LogP contribution is -2.12. The van der Waals surface area contributed by atoms with Crippen LogP contribution in [0.2, 0.25) is 5.15 Å². The zero-order valence-corrected chi connectivity index (χ0v) is 14.3. The summed E-state index contributed by atoms with van der Waals surface area (Å²) in [5.41, 5.74) is 2.02. The van der Waals surface area contributed by atoms with E-state index in [9.17, 15) is 10.1 Å². The molecule has 0 spiro atoms. The van der Waals surface area contributed by atoms with Crippen molar-refractivity contribution in [2.45, 2.75) is 13.8 Å². The maximum atomic E-state index is 12.3. The van der Waals surface area contributed by atoms with Crippen LogP contribution in [0.5, 0.6) is 0 Å².